The zero-order chi connectivity index (χ0) is 12.5. The zero-order valence-electron chi connectivity index (χ0n) is 10.7. The van der Waals surface area contributed by atoms with E-state index in [1.54, 1.807) is 7.11 Å². The van der Waals surface area contributed by atoms with E-state index in [0.29, 0.717) is 0 Å². The first-order chi connectivity index (χ1) is 8.79. The molecule has 0 unspecified atom stereocenters. The summed E-state index contributed by atoms with van der Waals surface area (Å²) in [5.41, 5.74) is 3.50. The molecule has 1 aromatic carbocycles. The van der Waals surface area contributed by atoms with Crippen molar-refractivity contribution in [1.82, 2.24) is 14.9 Å². The molecule has 1 aliphatic heterocycles. The summed E-state index contributed by atoms with van der Waals surface area (Å²) in [7, 11) is 1.71. The zero-order valence-corrected chi connectivity index (χ0v) is 10.7. The molecule has 0 saturated carbocycles. The van der Waals surface area contributed by atoms with Crippen molar-refractivity contribution >= 4 is 0 Å². The van der Waals surface area contributed by atoms with Crippen LogP contribution in [-0.2, 0) is 13.1 Å². The number of benzene rings is 1. The van der Waals surface area contributed by atoms with Gasteiger partial charge in [0, 0.05) is 18.7 Å². The Morgan fingerprint density at radius 2 is 2.28 bits per heavy atom. The Kier molecular flexibility index (Phi) is 2.80. The number of hydrogen-bond donors (Lipinski definition) is 1. The molecule has 4 heteroatoms. The first-order valence-corrected chi connectivity index (χ1v) is 6.19. The van der Waals surface area contributed by atoms with Crippen LogP contribution in [0.4, 0.5) is 0 Å². The molecule has 4 nitrogen and oxygen atoms in total. The van der Waals surface area contributed by atoms with Gasteiger partial charge >= 0.3 is 0 Å². The number of ether oxygens (including phenoxy) is 1. The van der Waals surface area contributed by atoms with Crippen LogP contribution in [0.1, 0.15) is 11.4 Å². The van der Waals surface area contributed by atoms with Crippen LogP contribution >= 0.6 is 0 Å². The number of methoxy groups -OCH3 is 1. The summed E-state index contributed by atoms with van der Waals surface area (Å²) in [5.74, 6) is 2.00. The van der Waals surface area contributed by atoms with Crippen LogP contribution in [-0.4, -0.2) is 23.2 Å². The van der Waals surface area contributed by atoms with E-state index >= 15 is 0 Å². The first-order valence-electron chi connectivity index (χ1n) is 6.19. The second kappa shape index (κ2) is 4.46. The molecule has 0 saturated heterocycles. The molecule has 2 aromatic rings. The second-order valence-electron chi connectivity index (χ2n) is 4.59. The molecular weight excluding hydrogens is 226 g/mol. The molecule has 1 aromatic heterocycles. The molecular formula is C14H17N3O. The quantitative estimate of drug-likeness (QED) is 0.876. The van der Waals surface area contributed by atoms with Crippen LogP contribution in [0.5, 0.6) is 5.75 Å². The van der Waals surface area contributed by atoms with Gasteiger partial charge in [-0.1, -0.05) is 11.6 Å². The predicted octanol–water partition coefficient (Wildman–Crippen LogP) is 1.97. The number of rotatable bonds is 2. The van der Waals surface area contributed by atoms with Gasteiger partial charge in [0.1, 0.15) is 11.6 Å². The highest BCUT2D eigenvalue weighted by Crippen LogP contribution is 2.31. The van der Waals surface area contributed by atoms with Crippen molar-refractivity contribution in [1.29, 1.82) is 0 Å². The van der Waals surface area contributed by atoms with E-state index in [1.165, 1.54) is 5.56 Å². The van der Waals surface area contributed by atoms with Gasteiger partial charge in [0.05, 0.1) is 25.5 Å². The molecule has 0 amide bonds. The molecule has 1 N–H and O–H groups in total. The minimum absolute atomic E-state index is 0.841. The van der Waals surface area contributed by atoms with Gasteiger partial charge in [0.2, 0.25) is 0 Å². The molecule has 1 aliphatic rings. The maximum Gasteiger partial charge on any atom is 0.128 e. The van der Waals surface area contributed by atoms with Crippen molar-refractivity contribution in [3.8, 4) is 17.0 Å². The molecule has 0 bridgehead atoms. The molecule has 0 spiro atoms. The third kappa shape index (κ3) is 1.78. The van der Waals surface area contributed by atoms with E-state index < -0.39 is 0 Å². The van der Waals surface area contributed by atoms with Gasteiger partial charge in [0.25, 0.3) is 0 Å². The Balaban J connectivity index is 2.14. The number of fused-ring (bicyclic) bond motifs is 1. The average Bonchev–Trinajstić information content (AvgIpc) is 2.82. The second-order valence-corrected chi connectivity index (χ2v) is 4.59. The van der Waals surface area contributed by atoms with Gasteiger partial charge < -0.3 is 14.6 Å². The fraction of sp³-hybridized carbons (Fsp3) is 0.357. The molecule has 0 atom stereocenters. The highest BCUT2D eigenvalue weighted by atomic mass is 16.5. The van der Waals surface area contributed by atoms with Gasteiger partial charge in [-0.2, -0.15) is 0 Å². The Morgan fingerprint density at radius 3 is 3.11 bits per heavy atom. The summed E-state index contributed by atoms with van der Waals surface area (Å²) in [6, 6.07) is 6.24. The van der Waals surface area contributed by atoms with Crippen molar-refractivity contribution < 1.29 is 4.74 Å². The van der Waals surface area contributed by atoms with Gasteiger partial charge in [-0.25, -0.2) is 4.98 Å². The SMILES string of the molecule is COc1ccc(C)cc1-c1cnc2n1CCNC2. The fourth-order valence-electron chi connectivity index (χ4n) is 2.43. The Labute approximate surface area is 107 Å². The topological polar surface area (TPSA) is 39.1 Å². The lowest BCUT2D eigenvalue weighted by molar-refractivity contribution is 0.415. The van der Waals surface area contributed by atoms with Gasteiger partial charge in [-0.3, -0.25) is 0 Å². The van der Waals surface area contributed by atoms with Gasteiger partial charge in [-0.05, 0) is 19.1 Å². The number of nitrogens with one attached hydrogen (secondary N) is 1. The van der Waals surface area contributed by atoms with Crippen LogP contribution in [0.25, 0.3) is 11.3 Å². The largest absolute Gasteiger partial charge is 0.496 e. The molecule has 0 aliphatic carbocycles. The summed E-state index contributed by atoms with van der Waals surface area (Å²) in [6.45, 7) is 4.89. The maximum atomic E-state index is 5.46. The van der Waals surface area contributed by atoms with Crippen molar-refractivity contribution in [3.63, 3.8) is 0 Å². The summed E-state index contributed by atoms with van der Waals surface area (Å²) in [4.78, 5) is 4.48. The van der Waals surface area contributed by atoms with E-state index in [2.05, 4.69) is 33.9 Å². The smallest absolute Gasteiger partial charge is 0.128 e. The predicted molar refractivity (Wildman–Crippen MR) is 70.7 cm³/mol. The number of nitrogens with zero attached hydrogens (tertiary/aromatic N) is 2. The van der Waals surface area contributed by atoms with Crippen LogP contribution < -0.4 is 10.1 Å². The molecule has 18 heavy (non-hydrogen) atoms. The van der Waals surface area contributed by atoms with E-state index in [-0.39, 0.29) is 0 Å². The number of hydrogen-bond acceptors (Lipinski definition) is 3. The summed E-state index contributed by atoms with van der Waals surface area (Å²) >= 11 is 0. The third-order valence-electron chi connectivity index (χ3n) is 3.36. The highest BCUT2D eigenvalue weighted by molar-refractivity contribution is 5.68. The van der Waals surface area contributed by atoms with Crippen LogP contribution in [0, 0.1) is 6.92 Å². The molecule has 2 heterocycles. The van der Waals surface area contributed by atoms with Gasteiger partial charge in [-0.15, -0.1) is 0 Å². The van der Waals surface area contributed by atoms with E-state index in [0.717, 1.165) is 42.5 Å². The lowest BCUT2D eigenvalue weighted by atomic mass is 10.1. The summed E-state index contributed by atoms with van der Waals surface area (Å²) in [5, 5.41) is 3.33. The van der Waals surface area contributed by atoms with E-state index in [4.69, 9.17) is 4.74 Å². The number of aryl methyl sites for hydroxylation is 1. The standard InChI is InChI=1S/C14H17N3O/c1-10-3-4-13(18-2)11(7-10)12-8-16-14-9-15-5-6-17(12)14/h3-4,7-8,15H,5-6,9H2,1-2H3. The van der Waals surface area contributed by atoms with Crippen molar-refractivity contribution in [2.75, 3.05) is 13.7 Å². The number of aromatic nitrogens is 2. The minimum Gasteiger partial charge on any atom is -0.496 e. The van der Waals surface area contributed by atoms with Crippen LogP contribution in [0.15, 0.2) is 24.4 Å². The summed E-state index contributed by atoms with van der Waals surface area (Å²) in [6.07, 6.45) is 1.94. The van der Waals surface area contributed by atoms with E-state index in [9.17, 15) is 0 Å². The molecule has 3 rings (SSSR count). The maximum absolute atomic E-state index is 5.46. The van der Waals surface area contributed by atoms with Crippen LogP contribution in [0.3, 0.4) is 0 Å². The Hall–Kier alpha value is -1.81. The normalized spacial score (nSPS) is 14.3. The highest BCUT2D eigenvalue weighted by Gasteiger charge is 2.17. The van der Waals surface area contributed by atoms with Crippen molar-refractivity contribution in [2.45, 2.75) is 20.0 Å². The average molecular weight is 243 g/mol. The summed E-state index contributed by atoms with van der Waals surface area (Å²) < 4.78 is 7.73. The fourth-order valence-corrected chi connectivity index (χ4v) is 2.43. The third-order valence-corrected chi connectivity index (χ3v) is 3.36. The molecule has 0 radical (unpaired) electrons. The molecule has 94 valence electrons. The first kappa shape index (κ1) is 11.3. The van der Waals surface area contributed by atoms with E-state index in [1.807, 2.05) is 12.3 Å². The van der Waals surface area contributed by atoms with Crippen molar-refractivity contribution in [3.05, 3.63) is 35.8 Å². The van der Waals surface area contributed by atoms with Crippen molar-refractivity contribution in [2.24, 2.45) is 0 Å². The molecule has 0 fully saturated rings. The lowest BCUT2D eigenvalue weighted by Crippen LogP contribution is -2.28. The lowest BCUT2D eigenvalue weighted by Gasteiger charge is -2.18. The monoisotopic (exact) mass is 243 g/mol. The Morgan fingerprint density at radius 1 is 1.39 bits per heavy atom. The Bertz CT molecular complexity index is 574. The van der Waals surface area contributed by atoms with Gasteiger partial charge in [0.15, 0.2) is 0 Å². The minimum atomic E-state index is 0.841. The number of imidazole rings is 1. The van der Waals surface area contributed by atoms with Crippen LogP contribution in [0.2, 0.25) is 0 Å².